The summed E-state index contributed by atoms with van der Waals surface area (Å²) in [5, 5.41) is 8.79. The van der Waals surface area contributed by atoms with Gasteiger partial charge in [-0.15, -0.1) is 0 Å². The summed E-state index contributed by atoms with van der Waals surface area (Å²) >= 11 is 0. The lowest BCUT2D eigenvalue weighted by atomic mass is 10.1. The molecule has 0 fully saturated rings. The van der Waals surface area contributed by atoms with Gasteiger partial charge in [-0.3, -0.25) is 0 Å². The lowest BCUT2D eigenvalue weighted by Gasteiger charge is -2.15. The Kier molecular flexibility index (Phi) is 3.37. The van der Waals surface area contributed by atoms with Gasteiger partial charge in [-0.05, 0) is 18.6 Å². The number of hydrogen-bond donors (Lipinski definition) is 1. The van der Waals surface area contributed by atoms with Crippen molar-refractivity contribution in [3.05, 3.63) is 53.3 Å². The molecule has 0 radical (unpaired) electrons. The van der Waals surface area contributed by atoms with Crippen molar-refractivity contribution in [1.29, 1.82) is 0 Å². The van der Waals surface area contributed by atoms with E-state index >= 15 is 0 Å². The lowest BCUT2D eigenvalue weighted by Crippen LogP contribution is -2.15. The molecule has 0 saturated carbocycles. The Morgan fingerprint density at radius 2 is 1.89 bits per heavy atom. The minimum atomic E-state index is -1.05. The van der Waals surface area contributed by atoms with Gasteiger partial charge in [0.05, 0.1) is 0 Å². The molecule has 0 spiro atoms. The van der Waals surface area contributed by atoms with Gasteiger partial charge in [-0.2, -0.15) is 0 Å². The third kappa shape index (κ3) is 2.71. The molecule has 2 aromatic rings. The van der Waals surface area contributed by atoms with E-state index in [0.717, 1.165) is 5.56 Å². The number of carboxylic acids is 1. The first-order valence-corrected chi connectivity index (χ1v) is 5.66. The zero-order valence-corrected chi connectivity index (χ0v) is 10.4. The fraction of sp³-hybridized carbons (Fsp3) is 0.214. The lowest BCUT2D eigenvalue weighted by molar-refractivity contribution is 0.0663. The summed E-state index contributed by atoms with van der Waals surface area (Å²) in [6.45, 7) is 2.71. The van der Waals surface area contributed by atoms with Gasteiger partial charge < -0.3 is 14.4 Å². The van der Waals surface area contributed by atoms with E-state index in [4.69, 9.17) is 9.52 Å². The van der Waals surface area contributed by atoms with Gasteiger partial charge in [-0.25, -0.2) is 4.79 Å². The van der Waals surface area contributed by atoms with Crippen LogP contribution in [0.4, 0.5) is 5.88 Å². The van der Waals surface area contributed by atoms with Crippen LogP contribution in [-0.4, -0.2) is 18.1 Å². The number of benzene rings is 1. The first-order valence-electron chi connectivity index (χ1n) is 5.66. The minimum Gasteiger partial charge on any atom is -0.475 e. The van der Waals surface area contributed by atoms with Gasteiger partial charge in [0.2, 0.25) is 5.76 Å². The van der Waals surface area contributed by atoms with Crippen molar-refractivity contribution in [2.24, 2.45) is 0 Å². The summed E-state index contributed by atoms with van der Waals surface area (Å²) in [6, 6.07) is 11.3. The molecular formula is C14H15NO3. The van der Waals surface area contributed by atoms with Crippen molar-refractivity contribution in [3.63, 3.8) is 0 Å². The average molecular weight is 245 g/mol. The molecule has 0 aliphatic carbocycles. The molecule has 0 atom stereocenters. The van der Waals surface area contributed by atoms with E-state index in [1.54, 1.807) is 6.07 Å². The predicted molar refractivity (Wildman–Crippen MR) is 69.0 cm³/mol. The van der Waals surface area contributed by atoms with Crippen LogP contribution in [0.5, 0.6) is 0 Å². The van der Waals surface area contributed by atoms with Crippen LogP contribution in [0, 0.1) is 6.92 Å². The maximum absolute atomic E-state index is 10.7. The van der Waals surface area contributed by atoms with E-state index in [0.29, 0.717) is 12.4 Å². The Balaban J connectivity index is 2.09. The summed E-state index contributed by atoms with van der Waals surface area (Å²) in [7, 11) is 1.87. The summed E-state index contributed by atoms with van der Waals surface area (Å²) < 4.78 is 5.23. The molecule has 4 heteroatoms. The molecule has 2 rings (SSSR count). The Morgan fingerprint density at radius 1 is 1.22 bits per heavy atom. The SMILES string of the molecule is Cc1ccc(CN(C)c2ccc(C(=O)O)o2)cc1. The van der Waals surface area contributed by atoms with E-state index in [-0.39, 0.29) is 5.76 Å². The van der Waals surface area contributed by atoms with Crippen LogP contribution in [-0.2, 0) is 6.54 Å². The van der Waals surface area contributed by atoms with Crippen LogP contribution >= 0.6 is 0 Å². The highest BCUT2D eigenvalue weighted by Crippen LogP contribution is 2.19. The zero-order chi connectivity index (χ0) is 13.1. The highest BCUT2D eigenvalue weighted by atomic mass is 16.4. The fourth-order valence-electron chi connectivity index (χ4n) is 1.69. The maximum Gasteiger partial charge on any atom is 0.371 e. The molecule has 1 heterocycles. The molecule has 0 aliphatic rings. The van der Waals surface area contributed by atoms with Gasteiger partial charge in [0.25, 0.3) is 0 Å². The molecule has 1 aromatic carbocycles. The molecule has 18 heavy (non-hydrogen) atoms. The molecule has 0 saturated heterocycles. The molecule has 1 aromatic heterocycles. The topological polar surface area (TPSA) is 53.7 Å². The van der Waals surface area contributed by atoms with E-state index in [2.05, 4.69) is 0 Å². The fourth-order valence-corrected chi connectivity index (χ4v) is 1.69. The largest absolute Gasteiger partial charge is 0.475 e. The Hall–Kier alpha value is -2.23. The van der Waals surface area contributed by atoms with E-state index in [1.165, 1.54) is 11.6 Å². The molecule has 0 bridgehead atoms. The number of carbonyl (C=O) groups is 1. The van der Waals surface area contributed by atoms with Crippen molar-refractivity contribution in [1.82, 2.24) is 0 Å². The summed E-state index contributed by atoms with van der Waals surface area (Å²) in [4.78, 5) is 12.6. The third-order valence-electron chi connectivity index (χ3n) is 2.72. The van der Waals surface area contributed by atoms with Crippen molar-refractivity contribution in [3.8, 4) is 0 Å². The second-order valence-electron chi connectivity index (χ2n) is 4.28. The number of nitrogens with zero attached hydrogens (tertiary/aromatic N) is 1. The third-order valence-corrected chi connectivity index (χ3v) is 2.72. The number of rotatable bonds is 4. The smallest absolute Gasteiger partial charge is 0.371 e. The van der Waals surface area contributed by atoms with E-state index < -0.39 is 5.97 Å². The normalized spacial score (nSPS) is 10.3. The number of anilines is 1. The zero-order valence-electron chi connectivity index (χ0n) is 10.4. The first-order chi connectivity index (χ1) is 8.56. The van der Waals surface area contributed by atoms with Crippen molar-refractivity contribution < 1.29 is 14.3 Å². The van der Waals surface area contributed by atoms with Crippen molar-refractivity contribution >= 4 is 11.9 Å². The highest BCUT2D eigenvalue weighted by Gasteiger charge is 2.11. The highest BCUT2D eigenvalue weighted by molar-refractivity contribution is 5.84. The molecule has 0 aliphatic heterocycles. The van der Waals surface area contributed by atoms with Gasteiger partial charge >= 0.3 is 5.97 Å². The Labute approximate surface area is 105 Å². The second kappa shape index (κ2) is 4.96. The van der Waals surface area contributed by atoms with E-state index in [9.17, 15) is 4.79 Å². The second-order valence-corrected chi connectivity index (χ2v) is 4.28. The number of carboxylic acid groups (broad SMARTS) is 1. The molecule has 4 nitrogen and oxygen atoms in total. The quantitative estimate of drug-likeness (QED) is 0.899. The Morgan fingerprint density at radius 3 is 2.44 bits per heavy atom. The molecular weight excluding hydrogens is 230 g/mol. The summed E-state index contributed by atoms with van der Waals surface area (Å²) in [6.07, 6.45) is 0. The van der Waals surface area contributed by atoms with E-state index in [1.807, 2.05) is 43.1 Å². The summed E-state index contributed by atoms with van der Waals surface area (Å²) in [5.74, 6) is -0.543. The average Bonchev–Trinajstić information content (AvgIpc) is 2.81. The molecule has 1 N–H and O–H groups in total. The Bertz CT molecular complexity index is 542. The summed E-state index contributed by atoms with van der Waals surface area (Å²) in [5.41, 5.74) is 2.36. The number of hydrogen-bond acceptors (Lipinski definition) is 3. The van der Waals surface area contributed by atoms with Gasteiger partial charge in [-0.1, -0.05) is 29.8 Å². The molecule has 0 unspecified atom stereocenters. The number of aryl methyl sites for hydroxylation is 1. The number of aromatic carboxylic acids is 1. The monoisotopic (exact) mass is 245 g/mol. The minimum absolute atomic E-state index is 0.0410. The van der Waals surface area contributed by atoms with Gasteiger partial charge in [0, 0.05) is 19.7 Å². The van der Waals surface area contributed by atoms with Crippen LogP contribution in [0.15, 0.2) is 40.8 Å². The number of furan rings is 1. The van der Waals surface area contributed by atoms with Crippen LogP contribution in [0.25, 0.3) is 0 Å². The van der Waals surface area contributed by atoms with Crippen LogP contribution in [0.3, 0.4) is 0 Å². The van der Waals surface area contributed by atoms with Gasteiger partial charge in [0.1, 0.15) is 0 Å². The molecule has 94 valence electrons. The maximum atomic E-state index is 10.7. The standard InChI is InChI=1S/C14H15NO3/c1-10-3-5-11(6-4-10)9-15(2)13-8-7-12(18-13)14(16)17/h3-8H,9H2,1-2H3,(H,16,17). The van der Waals surface area contributed by atoms with Gasteiger partial charge in [0.15, 0.2) is 5.88 Å². The van der Waals surface area contributed by atoms with Crippen molar-refractivity contribution in [2.75, 3.05) is 11.9 Å². The first kappa shape index (κ1) is 12.2. The molecule has 0 amide bonds. The van der Waals surface area contributed by atoms with Crippen molar-refractivity contribution in [2.45, 2.75) is 13.5 Å². The van der Waals surface area contributed by atoms with Crippen LogP contribution in [0.2, 0.25) is 0 Å². The van der Waals surface area contributed by atoms with Crippen LogP contribution in [0.1, 0.15) is 21.7 Å². The predicted octanol–water partition coefficient (Wildman–Crippen LogP) is 2.92. The van der Waals surface area contributed by atoms with Crippen LogP contribution < -0.4 is 4.90 Å².